The van der Waals surface area contributed by atoms with Gasteiger partial charge in [0.1, 0.15) is 17.0 Å². The number of hydrogen-bond acceptors (Lipinski definition) is 5. The number of benzene rings is 3. The molecule has 0 aliphatic carbocycles. The van der Waals surface area contributed by atoms with E-state index in [1.165, 1.54) is 11.3 Å². The summed E-state index contributed by atoms with van der Waals surface area (Å²) in [6.07, 6.45) is 0. The first-order chi connectivity index (χ1) is 15.0. The molecule has 6 heteroatoms. The lowest BCUT2D eigenvalue weighted by atomic mass is 10.2. The van der Waals surface area contributed by atoms with Crippen LogP contribution in [0.4, 0.5) is 5.13 Å². The molecule has 1 heterocycles. The van der Waals surface area contributed by atoms with Gasteiger partial charge >= 0.3 is 0 Å². The standard InChI is InChI=1S/C25H24N2O3S/c1-17-9-12-20(13-10-17)30-16-22(28)27(15-19-7-5-4-6-8-19)25-26-23-21(29-3)14-11-18(2)24(23)31-25/h4-14H,15-16H2,1-3H3. The summed E-state index contributed by atoms with van der Waals surface area (Å²) in [6, 6.07) is 21.5. The summed E-state index contributed by atoms with van der Waals surface area (Å²) in [5.41, 5.74) is 4.03. The molecule has 0 radical (unpaired) electrons. The first-order valence-corrected chi connectivity index (χ1v) is 10.8. The van der Waals surface area contributed by atoms with E-state index in [4.69, 9.17) is 14.5 Å². The van der Waals surface area contributed by atoms with E-state index in [2.05, 4.69) is 0 Å². The van der Waals surface area contributed by atoms with Crippen LogP contribution in [-0.4, -0.2) is 24.6 Å². The van der Waals surface area contributed by atoms with E-state index < -0.39 is 0 Å². The molecule has 0 saturated heterocycles. The van der Waals surface area contributed by atoms with Gasteiger partial charge in [0.2, 0.25) is 0 Å². The van der Waals surface area contributed by atoms with E-state index in [0.717, 1.165) is 26.9 Å². The van der Waals surface area contributed by atoms with Gasteiger partial charge in [0, 0.05) is 0 Å². The summed E-state index contributed by atoms with van der Waals surface area (Å²) in [5.74, 6) is 1.21. The Balaban J connectivity index is 1.65. The second-order valence-electron chi connectivity index (χ2n) is 7.33. The fourth-order valence-corrected chi connectivity index (χ4v) is 4.33. The van der Waals surface area contributed by atoms with Crippen molar-refractivity contribution >= 4 is 32.6 Å². The third kappa shape index (κ3) is 4.70. The highest BCUT2D eigenvalue weighted by atomic mass is 32.1. The van der Waals surface area contributed by atoms with Gasteiger partial charge in [-0.05, 0) is 43.2 Å². The Kier molecular flexibility index (Phi) is 6.18. The predicted octanol–water partition coefficient (Wildman–Crippen LogP) is 5.53. The molecule has 158 valence electrons. The van der Waals surface area contributed by atoms with Gasteiger partial charge in [-0.1, -0.05) is 65.4 Å². The Labute approximate surface area is 185 Å². The van der Waals surface area contributed by atoms with Gasteiger partial charge in [-0.15, -0.1) is 0 Å². The summed E-state index contributed by atoms with van der Waals surface area (Å²) in [5, 5.41) is 0.629. The smallest absolute Gasteiger partial charge is 0.267 e. The lowest BCUT2D eigenvalue weighted by Crippen LogP contribution is -2.34. The van der Waals surface area contributed by atoms with Crippen LogP contribution in [0.2, 0.25) is 0 Å². The molecule has 5 nitrogen and oxygen atoms in total. The molecule has 1 amide bonds. The number of ether oxygens (including phenoxy) is 2. The quantitative estimate of drug-likeness (QED) is 0.385. The van der Waals surface area contributed by atoms with E-state index in [-0.39, 0.29) is 12.5 Å². The number of anilines is 1. The molecule has 0 bridgehead atoms. The molecule has 4 aromatic rings. The Bertz CT molecular complexity index is 1190. The first-order valence-electron chi connectivity index (χ1n) is 10.0. The molecule has 0 aliphatic rings. The van der Waals surface area contributed by atoms with Gasteiger partial charge in [-0.2, -0.15) is 0 Å². The Morgan fingerprint density at radius 1 is 1.00 bits per heavy atom. The number of hydrogen-bond donors (Lipinski definition) is 0. The normalized spacial score (nSPS) is 10.8. The number of carbonyl (C=O) groups excluding carboxylic acids is 1. The Hall–Kier alpha value is -3.38. The molecule has 31 heavy (non-hydrogen) atoms. The van der Waals surface area contributed by atoms with Crippen molar-refractivity contribution in [3.05, 3.63) is 83.4 Å². The van der Waals surface area contributed by atoms with Crippen molar-refractivity contribution in [2.75, 3.05) is 18.6 Å². The first kappa shape index (κ1) is 20.9. The lowest BCUT2D eigenvalue weighted by molar-refractivity contribution is -0.120. The molecule has 0 aliphatic heterocycles. The summed E-state index contributed by atoms with van der Waals surface area (Å²) in [4.78, 5) is 19.7. The summed E-state index contributed by atoms with van der Waals surface area (Å²) >= 11 is 1.49. The van der Waals surface area contributed by atoms with E-state index in [1.807, 2.05) is 80.6 Å². The Morgan fingerprint density at radius 2 is 1.74 bits per heavy atom. The van der Waals surface area contributed by atoms with Crippen molar-refractivity contribution in [1.82, 2.24) is 4.98 Å². The van der Waals surface area contributed by atoms with Crippen LogP contribution in [0.3, 0.4) is 0 Å². The fourth-order valence-electron chi connectivity index (χ4n) is 3.26. The summed E-state index contributed by atoms with van der Waals surface area (Å²) < 4.78 is 12.3. The monoisotopic (exact) mass is 432 g/mol. The molecule has 0 unspecified atom stereocenters. The highest BCUT2D eigenvalue weighted by Gasteiger charge is 2.22. The van der Waals surface area contributed by atoms with Crippen molar-refractivity contribution in [3.63, 3.8) is 0 Å². The third-order valence-electron chi connectivity index (χ3n) is 5.01. The average Bonchev–Trinajstić information content (AvgIpc) is 3.24. The molecular weight excluding hydrogens is 408 g/mol. The molecule has 0 fully saturated rings. The average molecular weight is 433 g/mol. The third-order valence-corrected chi connectivity index (χ3v) is 6.22. The van der Waals surface area contributed by atoms with Crippen LogP contribution in [0.25, 0.3) is 10.2 Å². The molecular formula is C25H24N2O3S. The number of methoxy groups -OCH3 is 1. The number of nitrogens with zero attached hydrogens (tertiary/aromatic N) is 2. The number of aryl methyl sites for hydroxylation is 2. The zero-order chi connectivity index (χ0) is 21.8. The van der Waals surface area contributed by atoms with Crippen LogP contribution in [0.15, 0.2) is 66.7 Å². The molecule has 0 saturated carbocycles. The van der Waals surface area contributed by atoms with E-state index in [0.29, 0.717) is 23.2 Å². The molecule has 1 aromatic heterocycles. The van der Waals surface area contributed by atoms with E-state index in [1.54, 1.807) is 12.0 Å². The maximum Gasteiger partial charge on any atom is 0.267 e. The largest absolute Gasteiger partial charge is 0.494 e. The highest BCUT2D eigenvalue weighted by molar-refractivity contribution is 7.22. The number of carbonyl (C=O) groups is 1. The maximum absolute atomic E-state index is 13.2. The minimum absolute atomic E-state index is 0.0675. The van der Waals surface area contributed by atoms with Crippen molar-refractivity contribution < 1.29 is 14.3 Å². The number of aromatic nitrogens is 1. The minimum atomic E-state index is -0.153. The van der Waals surface area contributed by atoms with Crippen molar-refractivity contribution in [2.45, 2.75) is 20.4 Å². The Morgan fingerprint density at radius 3 is 2.45 bits per heavy atom. The van der Waals surface area contributed by atoms with Gasteiger partial charge in [-0.3, -0.25) is 9.69 Å². The van der Waals surface area contributed by atoms with Gasteiger partial charge in [0.15, 0.2) is 11.7 Å². The second kappa shape index (κ2) is 9.18. The van der Waals surface area contributed by atoms with Gasteiger partial charge in [-0.25, -0.2) is 4.98 Å². The number of fused-ring (bicyclic) bond motifs is 1. The van der Waals surface area contributed by atoms with Crippen LogP contribution in [-0.2, 0) is 11.3 Å². The summed E-state index contributed by atoms with van der Waals surface area (Å²) in [6.45, 7) is 4.40. The zero-order valence-corrected chi connectivity index (χ0v) is 18.6. The number of amides is 1. The summed E-state index contributed by atoms with van der Waals surface area (Å²) in [7, 11) is 1.63. The van der Waals surface area contributed by atoms with Crippen LogP contribution >= 0.6 is 11.3 Å². The molecule has 4 rings (SSSR count). The van der Waals surface area contributed by atoms with Crippen LogP contribution in [0.1, 0.15) is 16.7 Å². The number of thiazole rings is 1. The molecule has 0 atom stereocenters. The van der Waals surface area contributed by atoms with Crippen LogP contribution < -0.4 is 14.4 Å². The van der Waals surface area contributed by atoms with E-state index in [9.17, 15) is 4.79 Å². The lowest BCUT2D eigenvalue weighted by Gasteiger charge is -2.20. The maximum atomic E-state index is 13.2. The zero-order valence-electron chi connectivity index (χ0n) is 17.8. The van der Waals surface area contributed by atoms with Crippen molar-refractivity contribution in [2.24, 2.45) is 0 Å². The second-order valence-corrected chi connectivity index (χ2v) is 8.30. The van der Waals surface area contributed by atoms with Gasteiger partial charge in [0.25, 0.3) is 5.91 Å². The molecule has 0 N–H and O–H groups in total. The number of rotatable bonds is 7. The minimum Gasteiger partial charge on any atom is -0.494 e. The highest BCUT2D eigenvalue weighted by Crippen LogP contribution is 2.37. The molecule has 3 aromatic carbocycles. The fraction of sp³-hybridized carbons (Fsp3) is 0.200. The topological polar surface area (TPSA) is 51.7 Å². The SMILES string of the molecule is COc1ccc(C)c2sc(N(Cc3ccccc3)C(=O)COc3ccc(C)cc3)nc12. The van der Waals surface area contributed by atoms with Crippen molar-refractivity contribution in [3.8, 4) is 11.5 Å². The van der Waals surface area contributed by atoms with Crippen molar-refractivity contribution in [1.29, 1.82) is 0 Å². The van der Waals surface area contributed by atoms with Gasteiger partial charge < -0.3 is 9.47 Å². The van der Waals surface area contributed by atoms with Crippen LogP contribution in [0, 0.1) is 13.8 Å². The van der Waals surface area contributed by atoms with Gasteiger partial charge in [0.05, 0.1) is 18.4 Å². The van der Waals surface area contributed by atoms with Crippen LogP contribution in [0.5, 0.6) is 11.5 Å². The predicted molar refractivity (Wildman–Crippen MR) is 125 cm³/mol. The molecule has 0 spiro atoms. The van der Waals surface area contributed by atoms with E-state index >= 15 is 0 Å².